The van der Waals surface area contributed by atoms with Crippen LogP contribution in [0.1, 0.15) is 206 Å². The highest BCUT2D eigenvalue weighted by Gasteiger charge is 2.33. The fourth-order valence-corrected chi connectivity index (χ4v) is 9.26. The molecule has 0 saturated carbocycles. The molecule has 1 N–H and O–H groups in total. The van der Waals surface area contributed by atoms with Gasteiger partial charge in [0.15, 0.2) is 0 Å². The molecule has 1 aromatic heterocycles. The van der Waals surface area contributed by atoms with E-state index in [4.69, 9.17) is 12.9 Å². The van der Waals surface area contributed by atoms with Crippen molar-refractivity contribution in [3.8, 4) is 11.5 Å². The van der Waals surface area contributed by atoms with Gasteiger partial charge in [0, 0.05) is 45.0 Å². The lowest BCUT2D eigenvalue weighted by molar-refractivity contribution is 0.420. The normalized spacial score (nSPS) is 13.4. The van der Waals surface area contributed by atoms with E-state index >= 15 is 0 Å². The van der Waals surface area contributed by atoms with Crippen molar-refractivity contribution in [3.05, 3.63) is 104 Å². The number of fused-ring (bicyclic) bond motifs is 3. The van der Waals surface area contributed by atoms with Gasteiger partial charge in [-0.2, -0.15) is 0 Å². The van der Waals surface area contributed by atoms with Crippen LogP contribution in [0.25, 0.3) is 21.9 Å². The van der Waals surface area contributed by atoms with Crippen LogP contribution in [0.2, 0.25) is 0 Å². The molecule has 1 heterocycles. The van der Waals surface area contributed by atoms with Crippen molar-refractivity contribution in [2.45, 2.75) is 203 Å². The lowest BCUT2D eigenvalue weighted by Gasteiger charge is -2.32. The Kier molecular flexibility index (Phi) is 13.1. The van der Waals surface area contributed by atoms with Crippen molar-refractivity contribution in [3.63, 3.8) is 0 Å². The molecule has 0 radical (unpaired) electrons. The van der Waals surface area contributed by atoms with Gasteiger partial charge in [-0.1, -0.05) is 161 Å². The smallest absolute Gasteiger partial charge is 0.453 e. The van der Waals surface area contributed by atoms with E-state index in [2.05, 4.69) is 187 Å². The second-order valence-electron chi connectivity index (χ2n) is 22.5. The van der Waals surface area contributed by atoms with Crippen LogP contribution >= 0.6 is 8.24 Å². The van der Waals surface area contributed by atoms with E-state index in [0.717, 1.165) is 86.8 Å². The van der Waals surface area contributed by atoms with Crippen molar-refractivity contribution in [2.75, 3.05) is 0 Å². The maximum absolute atomic E-state index is 12.4. The summed E-state index contributed by atoms with van der Waals surface area (Å²) in [4.78, 5) is 0. The molecule has 328 valence electrons. The van der Waals surface area contributed by atoms with Gasteiger partial charge in [0.05, 0.1) is 0 Å². The summed E-state index contributed by atoms with van der Waals surface area (Å²) in [6.07, 6.45) is 4.28. The number of rotatable bonds is 12. The first-order chi connectivity index (χ1) is 27.5. The van der Waals surface area contributed by atoms with Crippen LogP contribution in [0.4, 0.5) is 0 Å². The largest absolute Gasteiger partial charge is 0.507 e. The van der Waals surface area contributed by atoms with Crippen molar-refractivity contribution in [1.29, 1.82) is 0 Å². The zero-order valence-corrected chi connectivity index (χ0v) is 42.2. The zero-order chi connectivity index (χ0) is 45.1. The van der Waals surface area contributed by atoms with Crippen LogP contribution in [-0.4, -0.2) is 5.11 Å². The van der Waals surface area contributed by atoms with Crippen molar-refractivity contribution >= 4 is 30.2 Å². The Bertz CT molecular complexity index is 2340. The number of phenols is 1. The van der Waals surface area contributed by atoms with Gasteiger partial charge < -0.3 is 18.0 Å². The van der Waals surface area contributed by atoms with E-state index in [0.29, 0.717) is 12.2 Å². The summed E-state index contributed by atoms with van der Waals surface area (Å²) in [5.41, 5.74) is 11.9. The molecule has 0 unspecified atom stereocenters. The molecule has 5 aromatic rings. The number of benzene rings is 4. The maximum Gasteiger partial charge on any atom is 0.453 e. The second kappa shape index (κ2) is 16.6. The molecule has 0 aliphatic carbocycles. The van der Waals surface area contributed by atoms with Crippen LogP contribution in [0.5, 0.6) is 11.5 Å². The second-order valence-corrected chi connectivity index (χ2v) is 23.5. The monoisotopic (exact) mass is 835 g/mol. The minimum absolute atomic E-state index is 0.0694. The van der Waals surface area contributed by atoms with Gasteiger partial charge in [0.2, 0.25) is 0 Å². The SMILES string of the molecule is CCC(C)(C)c1cc(Cc2cc(C(C)(C)CC)cc(C(C)(C)CC)c2Op2oc3c(C(C)(C)C)cc(C)cc3c3cc(C)cc(C(C)(C)C)c3o2)c(O)c(C(C)(C)CC)c1. The van der Waals surface area contributed by atoms with Gasteiger partial charge in [-0.25, -0.2) is 0 Å². The molecule has 0 spiro atoms. The summed E-state index contributed by atoms with van der Waals surface area (Å²) in [5.74, 6) is 1.17. The van der Waals surface area contributed by atoms with Gasteiger partial charge in [-0.15, -0.1) is 0 Å². The topological polar surface area (TPSA) is 55.7 Å². The fourth-order valence-electron chi connectivity index (χ4n) is 8.09. The van der Waals surface area contributed by atoms with Gasteiger partial charge in [0.25, 0.3) is 0 Å². The molecule has 0 aliphatic rings. The minimum atomic E-state index is -2.02. The Hall–Kier alpha value is -3.62. The van der Waals surface area contributed by atoms with Gasteiger partial charge >= 0.3 is 8.24 Å². The molecular formula is C55H79O4P. The third-order valence-electron chi connectivity index (χ3n) is 14.2. The molecule has 0 bridgehead atoms. The molecular weight excluding hydrogens is 756 g/mol. The summed E-state index contributed by atoms with van der Waals surface area (Å²) in [6, 6.07) is 18.3. The number of hydrogen-bond acceptors (Lipinski definition) is 4. The molecule has 0 aliphatic heterocycles. The van der Waals surface area contributed by atoms with Gasteiger partial charge in [-0.05, 0) is 112 Å². The standard InChI is InChI=1S/C55H79O4P/c1-21-52(13,14)38-30-36(46(56)42(32-38)54(17,18)23-3)29-37-31-39(53(15,16)22-2)33-45(55(19,20)24-4)47(37)57-60-58-48-40(25-34(5)27-43(48)50(7,8)9)41-26-35(6)28-44(49(41)59-60)51(10,11)12/h25-28,30-33,56H,21-24,29H2,1-20H3. The summed E-state index contributed by atoms with van der Waals surface area (Å²) < 4.78 is 22.0. The minimum Gasteiger partial charge on any atom is -0.507 e. The van der Waals surface area contributed by atoms with Crippen LogP contribution in [0.3, 0.4) is 0 Å². The average molecular weight is 835 g/mol. The van der Waals surface area contributed by atoms with E-state index in [1.807, 2.05) is 0 Å². The predicted octanol–water partition coefficient (Wildman–Crippen LogP) is 17.4. The Labute approximate surface area is 365 Å². The molecule has 60 heavy (non-hydrogen) atoms. The quantitative estimate of drug-likeness (QED) is 0.136. The van der Waals surface area contributed by atoms with Gasteiger partial charge in [-0.3, -0.25) is 0 Å². The molecule has 5 rings (SSSR count). The number of aromatic hydroxyl groups is 1. The molecule has 0 saturated heterocycles. The van der Waals surface area contributed by atoms with E-state index in [1.54, 1.807) is 0 Å². The highest BCUT2D eigenvalue weighted by molar-refractivity contribution is 7.32. The van der Waals surface area contributed by atoms with E-state index in [1.165, 1.54) is 22.3 Å². The highest BCUT2D eigenvalue weighted by Crippen LogP contribution is 2.50. The lowest BCUT2D eigenvalue weighted by Crippen LogP contribution is -2.22. The zero-order valence-electron chi connectivity index (χ0n) is 41.3. The third kappa shape index (κ3) is 9.40. The van der Waals surface area contributed by atoms with Crippen molar-refractivity contribution in [2.24, 2.45) is 0 Å². The van der Waals surface area contributed by atoms with Crippen molar-refractivity contribution < 1.29 is 18.0 Å². The Morgan fingerprint density at radius 1 is 0.483 bits per heavy atom. The molecule has 4 nitrogen and oxygen atoms in total. The molecule has 5 heteroatoms. The molecule has 0 amide bonds. The van der Waals surface area contributed by atoms with E-state index < -0.39 is 8.24 Å². The summed E-state index contributed by atoms with van der Waals surface area (Å²) in [5, 5.41) is 14.5. The summed E-state index contributed by atoms with van der Waals surface area (Å²) in [7, 11) is -2.02. The average Bonchev–Trinajstić information content (AvgIpc) is 3.30. The third-order valence-corrected chi connectivity index (χ3v) is 15.2. The predicted molar refractivity (Wildman–Crippen MR) is 260 cm³/mol. The number of aryl methyl sites for hydroxylation is 2. The maximum atomic E-state index is 12.4. The first-order valence-corrected chi connectivity index (χ1v) is 23.8. The molecule has 0 atom stereocenters. The molecule has 0 fully saturated rings. The van der Waals surface area contributed by atoms with E-state index in [9.17, 15) is 5.11 Å². The van der Waals surface area contributed by atoms with Crippen molar-refractivity contribution in [1.82, 2.24) is 0 Å². The fraction of sp³-hybridized carbons (Fsp3) is 0.564. The Morgan fingerprint density at radius 2 is 0.867 bits per heavy atom. The molecule has 4 aromatic carbocycles. The lowest BCUT2D eigenvalue weighted by atomic mass is 9.73. The van der Waals surface area contributed by atoms with Crippen LogP contribution < -0.4 is 4.52 Å². The number of phenolic OH excluding ortho intramolecular Hbond substituents is 1. The number of hydrogen-bond donors (Lipinski definition) is 1. The van der Waals surface area contributed by atoms with E-state index in [-0.39, 0.29) is 32.5 Å². The van der Waals surface area contributed by atoms with Crippen LogP contribution in [0, 0.1) is 13.8 Å². The Balaban J connectivity index is 1.99. The van der Waals surface area contributed by atoms with Crippen LogP contribution in [0.15, 0.2) is 56.9 Å². The van der Waals surface area contributed by atoms with Crippen LogP contribution in [-0.2, 0) is 38.9 Å². The first-order valence-electron chi connectivity index (χ1n) is 22.7. The first kappa shape index (κ1) is 47.4. The van der Waals surface area contributed by atoms with Gasteiger partial charge in [0.1, 0.15) is 22.7 Å². The summed E-state index contributed by atoms with van der Waals surface area (Å²) >= 11 is 0. The summed E-state index contributed by atoms with van der Waals surface area (Å²) in [6.45, 7) is 45.3. The Morgan fingerprint density at radius 3 is 1.27 bits per heavy atom. The highest BCUT2D eigenvalue weighted by atomic mass is 31.1.